The third kappa shape index (κ3) is 4.23. The maximum absolute atomic E-state index is 11.4. The van der Waals surface area contributed by atoms with Crippen LogP contribution in [0, 0.1) is 0 Å². The Hall–Kier alpha value is -1.04. The fourth-order valence-electron chi connectivity index (χ4n) is 2.50. The predicted molar refractivity (Wildman–Crippen MR) is 79.3 cm³/mol. The highest BCUT2D eigenvalue weighted by atomic mass is 35.5. The first-order valence-electron chi connectivity index (χ1n) is 6.86. The van der Waals surface area contributed by atoms with Gasteiger partial charge in [-0.3, -0.25) is 4.90 Å². The Bertz CT molecular complexity index is 416. The minimum atomic E-state index is -0.421. The lowest BCUT2D eigenvalue weighted by Crippen LogP contribution is -2.36. The molecule has 2 heterocycles. The van der Waals surface area contributed by atoms with Crippen molar-refractivity contribution in [3.05, 3.63) is 23.7 Å². The molecule has 1 N–H and O–H groups in total. The fourth-order valence-corrected chi connectivity index (χ4v) is 2.50. The fraction of sp³-hybridized carbons (Fsp3) is 0.643. The Morgan fingerprint density at radius 2 is 2.35 bits per heavy atom. The summed E-state index contributed by atoms with van der Waals surface area (Å²) < 4.78 is 10.2. The van der Waals surface area contributed by atoms with Crippen LogP contribution in [0.25, 0.3) is 0 Å². The SMILES string of the molecule is CCCN(Cc1ccc(C(=O)OC)o1)C1CCNC1.Cl. The molecule has 0 amide bonds. The average Bonchev–Trinajstić information content (AvgIpc) is 3.08. The number of carbonyl (C=O) groups is 1. The molecule has 2 rings (SSSR count). The summed E-state index contributed by atoms with van der Waals surface area (Å²) in [5.41, 5.74) is 0. The summed E-state index contributed by atoms with van der Waals surface area (Å²) in [5.74, 6) is 0.676. The number of methoxy groups -OCH3 is 1. The summed E-state index contributed by atoms with van der Waals surface area (Å²) in [6.07, 6.45) is 2.28. The summed E-state index contributed by atoms with van der Waals surface area (Å²) in [6.45, 7) is 6.08. The lowest BCUT2D eigenvalue weighted by Gasteiger charge is -2.26. The van der Waals surface area contributed by atoms with Crippen LogP contribution in [0.1, 0.15) is 36.1 Å². The van der Waals surface area contributed by atoms with E-state index in [-0.39, 0.29) is 18.2 Å². The number of halogens is 1. The van der Waals surface area contributed by atoms with Crippen molar-refractivity contribution >= 4 is 18.4 Å². The van der Waals surface area contributed by atoms with Crippen molar-refractivity contribution in [2.75, 3.05) is 26.7 Å². The van der Waals surface area contributed by atoms with Gasteiger partial charge in [0.05, 0.1) is 13.7 Å². The predicted octanol–water partition coefficient (Wildman–Crippen LogP) is 2.06. The van der Waals surface area contributed by atoms with Gasteiger partial charge in [-0.15, -0.1) is 12.4 Å². The molecule has 1 aliphatic heterocycles. The first kappa shape index (κ1) is 17.0. The molecule has 20 heavy (non-hydrogen) atoms. The van der Waals surface area contributed by atoms with E-state index in [4.69, 9.17) is 4.42 Å². The Kier molecular flexibility index (Phi) is 7.05. The van der Waals surface area contributed by atoms with Gasteiger partial charge < -0.3 is 14.5 Å². The van der Waals surface area contributed by atoms with Crippen molar-refractivity contribution in [2.45, 2.75) is 32.4 Å². The number of rotatable bonds is 6. The number of furan rings is 1. The zero-order valence-electron chi connectivity index (χ0n) is 12.1. The molecule has 1 saturated heterocycles. The smallest absolute Gasteiger partial charge is 0.373 e. The van der Waals surface area contributed by atoms with Crippen LogP contribution in [0.5, 0.6) is 0 Å². The van der Waals surface area contributed by atoms with Gasteiger partial charge in [-0.25, -0.2) is 4.79 Å². The Morgan fingerprint density at radius 1 is 1.55 bits per heavy atom. The van der Waals surface area contributed by atoms with Crippen LogP contribution >= 0.6 is 12.4 Å². The Labute approximate surface area is 126 Å². The van der Waals surface area contributed by atoms with E-state index >= 15 is 0 Å². The number of hydrogen-bond acceptors (Lipinski definition) is 5. The molecule has 0 aromatic carbocycles. The van der Waals surface area contributed by atoms with E-state index in [9.17, 15) is 4.79 Å². The highest BCUT2D eigenvalue weighted by Crippen LogP contribution is 2.16. The van der Waals surface area contributed by atoms with E-state index in [0.29, 0.717) is 6.04 Å². The molecule has 5 nitrogen and oxygen atoms in total. The number of ether oxygens (including phenoxy) is 1. The van der Waals surface area contributed by atoms with Crippen LogP contribution in [0.4, 0.5) is 0 Å². The molecule has 1 aliphatic rings. The molecule has 1 atom stereocenters. The number of hydrogen-bond donors (Lipinski definition) is 1. The second-order valence-corrected chi connectivity index (χ2v) is 4.87. The third-order valence-corrected chi connectivity index (χ3v) is 3.47. The highest BCUT2D eigenvalue weighted by Gasteiger charge is 2.23. The van der Waals surface area contributed by atoms with Gasteiger partial charge >= 0.3 is 5.97 Å². The molecule has 6 heteroatoms. The maximum atomic E-state index is 11.4. The van der Waals surface area contributed by atoms with Crippen LogP contribution < -0.4 is 5.32 Å². The highest BCUT2D eigenvalue weighted by molar-refractivity contribution is 5.86. The topological polar surface area (TPSA) is 54.7 Å². The molecular weight excluding hydrogens is 280 g/mol. The van der Waals surface area contributed by atoms with Gasteiger partial charge in [0, 0.05) is 12.6 Å². The zero-order chi connectivity index (χ0) is 13.7. The number of carbonyl (C=O) groups excluding carboxylic acids is 1. The van der Waals surface area contributed by atoms with E-state index in [1.165, 1.54) is 13.5 Å². The Morgan fingerprint density at radius 3 is 2.95 bits per heavy atom. The molecule has 0 spiro atoms. The summed E-state index contributed by atoms with van der Waals surface area (Å²) >= 11 is 0. The van der Waals surface area contributed by atoms with E-state index in [1.807, 2.05) is 6.07 Å². The van der Waals surface area contributed by atoms with Crippen LogP contribution in [-0.2, 0) is 11.3 Å². The summed E-state index contributed by atoms with van der Waals surface area (Å²) in [6, 6.07) is 4.10. The van der Waals surface area contributed by atoms with Gasteiger partial charge in [0.15, 0.2) is 0 Å². The first-order valence-corrected chi connectivity index (χ1v) is 6.86. The lowest BCUT2D eigenvalue weighted by molar-refractivity contribution is 0.0560. The molecule has 0 bridgehead atoms. The van der Waals surface area contributed by atoms with Gasteiger partial charge in [-0.05, 0) is 38.1 Å². The molecule has 0 radical (unpaired) electrons. The summed E-state index contributed by atoms with van der Waals surface area (Å²) in [4.78, 5) is 13.8. The number of nitrogens with one attached hydrogen (secondary N) is 1. The summed E-state index contributed by atoms with van der Waals surface area (Å²) in [5, 5.41) is 3.38. The standard InChI is InChI=1S/C14H22N2O3.ClH/c1-3-8-16(11-6-7-15-9-11)10-12-4-5-13(19-12)14(17)18-2;/h4-5,11,15H,3,6-10H2,1-2H3;1H. The van der Waals surface area contributed by atoms with Crippen LogP contribution in [0.2, 0.25) is 0 Å². The number of esters is 1. The molecule has 1 aromatic rings. The van der Waals surface area contributed by atoms with Crippen molar-refractivity contribution in [1.82, 2.24) is 10.2 Å². The van der Waals surface area contributed by atoms with Crippen LogP contribution in [-0.4, -0.2) is 43.7 Å². The monoisotopic (exact) mass is 302 g/mol. The van der Waals surface area contributed by atoms with E-state index in [1.54, 1.807) is 6.07 Å². The van der Waals surface area contributed by atoms with Crippen LogP contribution in [0.3, 0.4) is 0 Å². The van der Waals surface area contributed by atoms with Gasteiger partial charge in [0.2, 0.25) is 5.76 Å². The van der Waals surface area contributed by atoms with Crippen molar-refractivity contribution in [1.29, 1.82) is 0 Å². The number of nitrogens with zero attached hydrogens (tertiary/aromatic N) is 1. The van der Waals surface area contributed by atoms with Gasteiger partial charge in [-0.2, -0.15) is 0 Å². The van der Waals surface area contributed by atoms with Crippen LogP contribution in [0.15, 0.2) is 16.5 Å². The maximum Gasteiger partial charge on any atom is 0.373 e. The third-order valence-electron chi connectivity index (χ3n) is 3.47. The molecule has 0 saturated carbocycles. The van der Waals surface area contributed by atoms with Crippen molar-refractivity contribution in [3.63, 3.8) is 0 Å². The summed E-state index contributed by atoms with van der Waals surface area (Å²) in [7, 11) is 1.36. The van der Waals surface area contributed by atoms with E-state index < -0.39 is 5.97 Å². The molecule has 1 aromatic heterocycles. The normalized spacial score (nSPS) is 18.1. The minimum Gasteiger partial charge on any atom is -0.463 e. The second kappa shape index (κ2) is 8.29. The quantitative estimate of drug-likeness (QED) is 0.815. The first-order chi connectivity index (χ1) is 9.24. The molecule has 0 aliphatic carbocycles. The molecular formula is C14H23ClN2O3. The molecule has 1 fully saturated rings. The van der Waals surface area contributed by atoms with Crippen molar-refractivity contribution in [3.8, 4) is 0 Å². The lowest BCUT2D eigenvalue weighted by atomic mass is 10.2. The van der Waals surface area contributed by atoms with E-state index in [0.717, 1.165) is 38.4 Å². The molecule has 114 valence electrons. The van der Waals surface area contributed by atoms with Crippen molar-refractivity contribution < 1.29 is 13.9 Å². The molecule has 1 unspecified atom stereocenters. The van der Waals surface area contributed by atoms with Gasteiger partial charge in [0.1, 0.15) is 5.76 Å². The second-order valence-electron chi connectivity index (χ2n) is 4.87. The Balaban J connectivity index is 0.00000200. The minimum absolute atomic E-state index is 0. The average molecular weight is 303 g/mol. The van der Waals surface area contributed by atoms with Gasteiger partial charge in [0.25, 0.3) is 0 Å². The largest absolute Gasteiger partial charge is 0.463 e. The van der Waals surface area contributed by atoms with E-state index in [2.05, 4.69) is 21.9 Å². The van der Waals surface area contributed by atoms with Crippen molar-refractivity contribution in [2.24, 2.45) is 0 Å². The zero-order valence-corrected chi connectivity index (χ0v) is 12.9. The van der Waals surface area contributed by atoms with Gasteiger partial charge in [-0.1, -0.05) is 6.92 Å².